The summed E-state index contributed by atoms with van der Waals surface area (Å²) in [5, 5.41) is -1.88. The molecule has 1 rings (SSSR count). The average Bonchev–Trinajstić information content (AvgIpc) is 2.33. The molecule has 0 aliphatic heterocycles. The summed E-state index contributed by atoms with van der Waals surface area (Å²) in [5.41, 5.74) is -0.963. The van der Waals surface area contributed by atoms with Gasteiger partial charge >= 0.3 is 0 Å². The Kier molecular flexibility index (Phi) is 2.89. The van der Waals surface area contributed by atoms with E-state index >= 15 is 0 Å². The molecule has 0 aromatic heterocycles. The standard InChI is InChI=1S/C8H15ClFNO2S/c1-4-11-14(12,13)5-7(3)6(2)8(7,9)10/h6,11H,4-5H2,1-3H3. The van der Waals surface area contributed by atoms with Crippen molar-refractivity contribution in [3.05, 3.63) is 0 Å². The van der Waals surface area contributed by atoms with Crippen molar-refractivity contribution < 1.29 is 12.8 Å². The quantitative estimate of drug-likeness (QED) is 0.761. The van der Waals surface area contributed by atoms with Crippen LogP contribution in [0.3, 0.4) is 0 Å². The number of sulfonamides is 1. The third-order valence-corrected chi connectivity index (χ3v) is 5.50. The van der Waals surface area contributed by atoms with Crippen LogP contribution in [0.2, 0.25) is 0 Å². The van der Waals surface area contributed by atoms with E-state index in [1.54, 1.807) is 20.8 Å². The van der Waals surface area contributed by atoms with E-state index in [-0.39, 0.29) is 5.75 Å². The van der Waals surface area contributed by atoms with Gasteiger partial charge < -0.3 is 0 Å². The second-order valence-corrected chi connectivity index (χ2v) is 6.38. The molecule has 84 valence electrons. The lowest BCUT2D eigenvalue weighted by Crippen LogP contribution is -2.31. The van der Waals surface area contributed by atoms with Crippen molar-refractivity contribution in [2.75, 3.05) is 12.3 Å². The van der Waals surface area contributed by atoms with E-state index in [0.29, 0.717) is 6.54 Å². The molecule has 3 unspecified atom stereocenters. The molecule has 3 nitrogen and oxygen atoms in total. The summed E-state index contributed by atoms with van der Waals surface area (Å²) in [6, 6.07) is 0. The van der Waals surface area contributed by atoms with Gasteiger partial charge in [-0.3, -0.25) is 0 Å². The molecule has 0 aromatic rings. The lowest BCUT2D eigenvalue weighted by molar-refractivity contribution is 0.348. The fraction of sp³-hybridized carbons (Fsp3) is 1.00. The van der Waals surface area contributed by atoms with Crippen LogP contribution in [0.5, 0.6) is 0 Å². The lowest BCUT2D eigenvalue weighted by atomic mass is 10.1. The molecule has 1 fully saturated rings. The highest BCUT2D eigenvalue weighted by atomic mass is 35.5. The minimum absolute atomic E-state index is 0.255. The van der Waals surface area contributed by atoms with Crippen molar-refractivity contribution in [3.63, 3.8) is 0 Å². The van der Waals surface area contributed by atoms with Crippen molar-refractivity contribution in [1.82, 2.24) is 4.72 Å². The molecule has 1 N–H and O–H groups in total. The number of hydrogen-bond donors (Lipinski definition) is 1. The molecule has 3 atom stereocenters. The first-order chi connectivity index (χ1) is 6.17. The number of hydrogen-bond acceptors (Lipinski definition) is 2. The van der Waals surface area contributed by atoms with Crippen molar-refractivity contribution in [2.45, 2.75) is 25.9 Å². The normalized spacial score (nSPS) is 42.5. The smallest absolute Gasteiger partial charge is 0.212 e. The van der Waals surface area contributed by atoms with Gasteiger partial charge in [0.1, 0.15) is 0 Å². The second-order valence-electron chi connectivity index (χ2n) is 4.02. The number of rotatable bonds is 4. The maximum absolute atomic E-state index is 13.5. The first kappa shape index (κ1) is 12.2. The summed E-state index contributed by atoms with van der Waals surface area (Å²) in [5.74, 6) is -0.681. The maximum Gasteiger partial charge on any atom is 0.212 e. The van der Waals surface area contributed by atoms with Gasteiger partial charge in [0.15, 0.2) is 5.13 Å². The Balaban J connectivity index is 2.73. The fourth-order valence-electron chi connectivity index (χ4n) is 1.69. The molecule has 6 heteroatoms. The fourth-order valence-corrected chi connectivity index (χ4v) is 3.98. The van der Waals surface area contributed by atoms with Gasteiger partial charge in [0.2, 0.25) is 10.0 Å². The Labute approximate surface area is 89.1 Å². The van der Waals surface area contributed by atoms with Crippen molar-refractivity contribution in [3.8, 4) is 0 Å². The summed E-state index contributed by atoms with van der Waals surface area (Å²) < 4.78 is 38.6. The van der Waals surface area contributed by atoms with Crippen LogP contribution in [-0.4, -0.2) is 25.8 Å². The SMILES string of the molecule is CCNS(=O)(=O)CC1(C)C(C)C1(F)Cl. The molecule has 0 radical (unpaired) electrons. The molecule has 1 aliphatic rings. The van der Waals surface area contributed by atoms with E-state index in [0.717, 1.165) is 0 Å². The topological polar surface area (TPSA) is 46.2 Å². The van der Waals surface area contributed by atoms with Gasteiger partial charge in [-0.25, -0.2) is 17.5 Å². The van der Waals surface area contributed by atoms with Gasteiger partial charge in [-0.05, 0) is 0 Å². The predicted octanol–water partition coefficient (Wildman–Crippen LogP) is 1.49. The number of nitrogens with one attached hydrogen (secondary N) is 1. The Hall–Kier alpha value is 0.130. The third-order valence-electron chi connectivity index (χ3n) is 3.03. The predicted molar refractivity (Wildman–Crippen MR) is 54.4 cm³/mol. The van der Waals surface area contributed by atoms with E-state index in [9.17, 15) is 12.8 Å². The molecule has 0 heterocycles. The van der Waals surface area contributed by atoms with Gasteiger partial charge in [-0.2, -0.15) is 0 Å². The first-order valence-electron chi connectivity index (χ1n) is 4.52. The highest BCUT2D eigenvalue weighted by Crippen LogP contribution is 2.67. The highest BCUT2D eigenvalue weighted by molar-refractivity contribution is 7.89. The zero-order valence-electron chi connectivity index (χ0n) is 8.47. The van der Waals surface area contributed by atoms with E-state index < -0.39 is 26.5 Å². The van der Waals surface area contributed by atoms with Crippen LogP contribution in [0, 0.1) is 11.3 Å². The summed E-state index contributed by atoms with van der Waals surface area (Å²) in [6.45, 7) is 5.17. The minimum atomic E-state index is -3.41. The second kappa shape index (κ2) is 3.32. The molecule has 0 saturated heterocycles. The largest absolute Gasteiger partial charge is 0.225 e. The summed E-state index contributed by atoms with van der Waals surface area (Å²) in [6.07, 6.45) is 0. The Morgan fingerprint density at radius 3 is 2.29 bits per heavy atom. The number of alkyl halides is 2. The van der Waals surface area contributed by atoms with Gasteiger partial charge in [0.25, 0.3) is 0 Å². The van der Waals surface area contributed by atoms with E-state index in [1.165, 1.54) is 0 Å². The molecule has 0 amide bonds. The summed E-state index contributed by atoms with van der Waals surface area (Å²) in [4.78, 5) is 0. The third kappa shape index (κ3) is 1.77. The number of halogens is 2. The van der Waals surface area contributed by atoms with Crippen LogP contribution in [0.4, 0.5) is 4.39 Å². The molecule has 0 aromatic carbocycles. The zero-order chi connectivity index (χ0) is 11.2. The summed E-state index contributed by atoms with van der Waals surface area (Å²) in [7, 11) is -3.41. The minimum Gasteiger partial charge on any atom is -0.225 e. The Morgan fingerprint density at radius 1 is 1.57 bits per heavy atom. The van der Waals surface area contributed by atoms with E-state index in [2.05, 4.69) is 4.72 Å². The van der Waals surface area contributed by atoms with Crippen LogP contribution in [0.1, 0.15) is 20.8 Å². The molecular formula is C8H15ClFNO2S. The molecular weight excluding hydrogens is 229 g/mol. The lowest BCUT2D eigenvalue weighted by Gasteiger charge is -2.11. The van der Waals surface area contributed by atoms with E-state index in [4.69, 9.17) is 11.6 Å². The maximum atomic E-state index is 13.5. The van der Waals surface area contributed by atoms with Crippen LogP contribution < -0.4 is 4.72 Å². The first-order valence-corrected chi connectivity index (χ1v) is 6.55. The van der Waals surface area contributed by atoms with Crippen molar-refractivity contribution in [2.24, 2.45) is 11.3 Å². The van der Waals surface area contributed by atoms with Crippen LogP contribution in [-0.2, 0) is 10.0 Å². The van der Waals surface area contributed by atoms with E-state index in [1.807, 2.05) is 0 Å². The van der Waals surface area contributed by atoms with Gasteiger partial charge in [-0.15, -0.1) is 0 Å². The van der Waals surface area contributed by atoms with Gasteiger partial charge in [-0.1, -0.05) is 32.4 Å². The van der Waals surface area contributed by atoms with Crippen LogP contribution >= 0.6 is 11.6 Å². The Morgan fingerprint density at radius 2 is 2.00 bits per heavy atom. The molecule has 0 bridgehead atoms. The van der Waals surface area contributed by atoms with Crippen molar-refractivity contribution in [1.29, 1.82) is 0 Å². The monoisotopic (exact) mass is 243 g/mol. The average molecular weight is 244 g/mol. The van der Waals surface area contributed by atoms with Crippen molar-refractivity contribution >= 4 is 21.6 Å². The zero-order valence-corrected chi connectivity index (χ0v) is 10.0. The molecule has 14 heavy (non-hydrogen) atoms. The van der Waals surface area contributed by atoms with Crippen LogP contribution in [0.15, 0.2) is 0 Å². The molecule has 0 spiro atoms. The molecule has 1 aliphatic carbocycles. The van der Waals surface area contributed by atoms with Crippen LogP contribution in [0.25, 0.3) is 0 Å². The molecule has 1 saturated carbocycles. The Bertz CT molecular complexity index is 330. The van der Waals surface area contributed by atoms with Gasteiger partial charge in [0, 0.05) is 17.9 Å². The highest BCUT2D eigenvalue weighted by Gasteiger charge is 2.73. The van der Waals surface area contributed by atoms with Gasteiger partial charge in [0.05, 0.1) is 5.75 Å². The summed E-state index contributed by atoms with van der Waals surface area (Å²) >= 11 is 5.55.